The van der Waals surface area contributed by atoms with Crippen LogP contribution in [0.5, 0.6) is 0 Å². The second kappa shape index (κ2) is 7.55. The van der Waals surface area contributed by atoms with Gasteiger partial charge in [0.1, 0.15) is 0 Å². The number of aryl methyl sites for hydroxylation is 2. The van der Waals surface area contributed by atoms with Gasteiger partial charge in [-0.3, -0.25) is 0 Å². The van der Waals surface area contributed by atoms with Crippen LogP contribution in [0.3, 0.4) is 0 Å². The summed E-state index contributed by atoms with van der Waals surface area (Å²) in [6, 6.07) is 6.93. The molecule has 1 unspecified atom stereocenters. The smallest absolute Gasteiger partial charge is 0.0665 e. The molecule has 0 heterocycles. The van der Waals surface area contributed by atoms with Gasteiger partial charge in [0.15, 0.2) is 0 Å². The van der Waals surface area contributed by atoms with Crippen LogP contribution in [-0.2, 0) is 4.74 Å². The van der Waals surface area contributed by atoms with Crippen LogP contribution in [0.1, 0.15) is 49.9 Å². The van der Waals surface area contributed by atoms with Crippen molar-refractivity contribution in [3.63, 3.8) is 0 Å². The molecule has 18 heavy (non-hydrogen) atoms. The van der Waals surface area contributed by atoms with Gasteiger partial charge in [-0.1, -0.05) is 30.7 Å². The number of hydrogen-bond donors (Lipinski definition) is 1. The van der Waals surface area contributed by atoms with E-state index in [-0.39, 0.29) is 6.10 Å². The molecule has 0 saturated carbocycles. The predicted octanol–water partition coefficient (Wildman–Crippen LogP) is 3.77. The molecule has 0 amide bonds. The van der Waals surface area contributed by atoms with E-state index in [9.17, 15) is 0 Å². The second-order valence-corrected chi connectivity index (χ2v) is 5.25. The third-order valence-corrected chi connectivity index (χ3v) is 3.05. The summed E-state index contributed by atoms with van der Waals surface area (Å²) in [7, 11) is 0. The van der Waals surface area contributed by atoms with E-state index in [1.807, 2.05) is 0 Å². The molecule has 0 radical (unpaired) electrons. The van der Waals surface area contributed by atoms with Gasteiger partial charge in [0.2, 0.25) is 0 Å². The van der Waals surface area contributed by atoms with E-state index < -0.39 is 0 Å². The third kappa shape index (κ3) is 4.79. The van der Waals surface area contributed by atoms with Crippen LogP contribution in [0.4, 0.5) is 0 Å². The van der Waals surface area contributed by atoms with Crippen LogP contribution in [0.25, 0.3) is 0 Å². The van der Waals surface area contributed by atoms with Crippen LogP contribution in [0, 0.1) is 13.8 Å². The molecule has 0 aliphatic carbocycles. The van der Waals surface area contributed by atoms with Crippen molar-refractivity contribution in [3.05, 3.63) is 34.9 Å². The molecule has 1 aromatic rings. The van der Waals surface area contributed by atoms with Gasteiger partial charge < -0.3 is 10.1 Å². The molecule has 102 valence electrons. The standard InChI is InChI=1S/C16H27NO/c1-6-9-17-16(11-18-12(2)3)15-10-13(4)7-8-14(15)5/h7-8,10,12,16-17H,6,9,11H2,1-5H3. The van der Waals surface area contributed by atoms with E-state index in [0.717, 1.165) is 19.6 Å². The number of ether oxygens (including phenoxy) is 1. The van der Waals surface area contributed by atoms with Crippen molar-refractivity contribution >= 4 is 0 Å². The molecule has 1 rings (SSSR count). The maximum absolute atomic E-state index is 5.79. The summed E-state index contributed by atoms with van der Waals surface area (Å²) in [5, 5.41) is 3.58. The van der Waals surface area contributed by atoms with Crippen LogP contribution < -0.4 is 5.32 Å². The van der Waals surface area contributed by atoms with Gasteiger partial charge in [-0.2, -0.15) is 0 Å². The molecular weight excluding hydrogens is 222 g/mol. The Bertz CT molecular complexity index is 360. The van der Waals surface area contributed by atoms with E-state index in [2.05, 4.69) is 58.1 Å². The largest absolute Gasteiger partial charge is 0.377 e. The average molecular weight is 249 g/mol. The topological polar surface area (TPSA) is 21.3 Å². The molecule has 1 N–H and O–H groups in total. The Hall–Kier alpha value is -0.860. The van der Waals surface area contributed by atoms with E-state index in [1.165, 1.54) is 16.7 Å². The summed E-state index contributed by atoms with van der Waals surface area (Å²) >= 11 is 0. The first-order chi connectivity index (χ1) is 8.54. The maximum atomic E-state index is 5.79. The molecule has 1 atom stereocenters. The minimum atomic E-state index is 0.279. The van der Waals surface area contributed by atoms with Gasteiger partial charge in [0.05, 0.1) is 18.8 Å². The average Bonchev–Trinajstić information content (AvgIpc) is 2.32. The van der Waals surface area contributed by atoms with Crippen molar-refractivity contribution in [2.24, 2.45) is 0 Å². The molecular formula is C16H27NO. The van der Waals surface area contributed by atoms with E-state index in [1.54, 1.807) is 0 Å². The first-order valence-corrected chi connectivity index (χ1v) is 6.96. The van der Waals surface area contributed by atoms with Crippen molar-refractivity contribution in [1.82, 2.24) is 5.32 Å². The molecule has 0 bridgehead atoms. The number of rotatable bonds is 7. The fourth-order valence-corrected chi connectivity index (χ4v) is 2.00. The molecule has 1 aromatic carbocycles. The zero-order valence-corrected chi connectivity index (χ0v) is 12.4. The quantitative estimate of drug-likeness (QED) is 0.794. The van der Waals surface area contributed by atoms with E-state index >= 15 is 0 Å². The number of nitrogens with one attached hydrogen (secondary N) is 1. The van der Waals surface area contributed by atoms with E-state index in [4.69, 9.17) is 4.74 Å². The Morgan fingerprint density at radius 1 is 1.22 bits per heavy atom. The molecule has 2 nitrogen and oxygen atoms in total. The van der Waals surface area contributed by atoms with Gasteiger partial charge in [-0.15, -0.1) is 0 Å². The molecule has 0 aromatic heterocycles. The molecule has 0 saturated heterocycles. The summed E-state index contributed by atoms with van der Waals surface area (Å²) in [5.41, 5.74) is 4.01. The molecule has 2 heteroatoms. The first-order valence-electron chi connectivity index (χ1n) is 6.96. The van der Waals surface area contributed by atoms with Crippen LogP contribution >= 0.6 is 0 Å². The van der Waals surface area contributed by atoms with Crippen molar-refractivity contribution in [3.8, 4) is 0 Å². The van der Waals surface area contributed by atoms with Gasteiger partial charge in [-0.05, 0) is 51.8 Å². The van der Waals surface area contributed by atoms with Crippen LogP contribution in [0.2, 0.25) is 0 Å². The first kappa shape index (κ1) is 15.2. The summed E-state index contributed by atoms with van der Waals surface area (Å²) in [5.74, 6) is 0. The minimum Gasteiger partial charge on any atom is -0.377 e. The van der Waals surface area contributed by atoms with Crippen molar-refractivity contribution in [2.75, 3.05) is 13.2 Å². The Morgan fingerprint density at radius 3 is 2.56 bits per heavy atom. The lowest BCUT2D eigenvalue weighted by Crippen LogP contribution is -2.28. The van der Waals surface area contributed by atoms with Crippen LogP contribution in [-0.4, -0.2) is 19.3 Å². The summed E-state index contributed by atoms with van der Waals surface area (Å²) < 4.78 is 5.79. The SMILES string of the molecule is CCCNC(COC(C)C)c1cc(C)ccc1C. The maximum Gasteiger partial charge on any atom is 0.0665 e. The highest BCUT2D eigenvalue weighted by molar-refractivity contribution is 5.33. The van der Waals surface area contributed by atoms with Gasteiger partial charge in [0, 0.05) is 0 Å². The summed E-state index contributed by atoms with van der Waals surface area (Å²) in [4.78, 5) is 0. The lowest BCUT2D eigenvalue weighted by molar-refractivity contribution is 0.0610. The molecule has 0 aliphatic heterocycles. The van der Waals surface area contributed by atoms with Crippen LogP contribution in [0.15, 0.2) is 18.2 Å². The van der Waals surface area contributed by atoms with Gasteiger partial charge in [-0.25, -0.2) is 0 Å². The van der Waals surface area contributed by atoms with Gasteiger partial charge in [0.25, 0.3) is 0 Å². The lowest BCUT2D eigenvalue weighted by atomic mass is 9.99. The summed E-state index contributed by atoms with van der Waals surface area (Å²) in [6.07, 6.45) is 1.42. The number of hydrogen-bond acceptors (Lipinski definition) is 2. The lowest BCUT2D eigenvalue weighted by Gasteiger charge is -2.22. The third-order valence-electron chi connectivity index (χ3n) is 3.05. The molecule has 0 aliphatic rings. The minimum absolute atomic E-state index is 0.279. The zero-order chi connectivity index (χ0) is 13.5. The fourth-order valence-electron chi connectivity index (χ4n) is 2.00. The second-order valence-electron chi connectivity index (χ2n) is 5.25. The highest BCUT2D eigenvalue weighted by Crippen LogP contribution is 2.20. The highest BCUT2D eigenvalue weighted by Gasteiger charge is 2.14. The molecule has 0 spiro atoms. The van der Waals surface area contributed by atoms with Crippen molar-refractivity contribution in [2.45, 2.75) is 53.2 Å². The Labute approximate surface area is 112 Å². The normalized spacial score (nSPS) is 13.0. The van der Waals surface area contributed by atoms with Crippen molar-refractivity contribution in [1.29, 1.82) is 0 Å². The number of benzene rings is 1. The molecule has 0 fully saturated rings. The summed E-state index contributed by atoms with van der Waals surface area (Å²) in [6.45, 7) is 12.4. The predicted molar refractivity (Wildman–Crippen MR) is 78.0 cm³/mol. The van der Waals surface area contributed by atoms with E-state index in [0.29, 0.717) is 6.04 Å². The van der Waals surface area contributed by atoms with Crippen molar-refractivity contribution < 1.29 is 4.74 Å². The monoisotopic (exact) mass is 249 g/mol. The Morgan fingerprint density at radius 2 is 1.94 bits per heavy atom. The zero-order valence-electron chi connectivity index (χ0n) is 12.4. The fraction of sp³-hybridized carbons (Fsp3) is 0.625. The Balaban J connectivity index is 2.82. The van der Waals surface area contributed by atoms with Gasteiger partial charge >= 0.3 is 0 Å². The Kier molecular flexibility index (Phi) is 6.37. The highest BCUT2D eigenvalue weighted by atomic mass is 16.5.